The Kier molecular flexibility index (Phi) is 5.44. The second kappa shape index (κ2) is 8.53. The Labute approximate surface area is 188 Å². The fourth-order valence-electron chi connectivity index (χ4n) is 3.67. The zero-order valence-electron chi connectivity index (χ0n) is 16.9. The molecule has 154 valence electrons. The van der Waals surface area contributed by atoms with E-state index >= 15 is 0 Å². The fraction of sp³-hybridized carbons (Fsp3) is 0.125. The maximum atomic E-state index is 13.8. The van der Waals surface area contributed by atoms with E-state index in [4.69, 9.17) is 0 Å². The third-order valence-corrected chi connectivity index (χ3v) is 7.29. The first-order valence-corrected chi connectivity index (χ1v) is 11.8. The molecule has 1 atom stereocenters. The normalized spacial score (nSPS) is 12.3. The van der Waals surface area contributed by atoms with E-state index in [2.05, 4.69) is 26.7 Å². The first-order chi connectivity index (χ1) is 15.3. The van der Waals surface area contributed by atoms with E-state index in [1.165, 1.54) is 11.8 Å². The van der Waals surface area contributed by atoms with E-state index in [9.17, 15) is 4.79 Å². The number of fused-ring (bicyclic) bond motifs is 1. The highest BCUT2D eigenvalue weighted by Gasteiger charge is 2.28. The van der Waals surface area contributed by atoms with Crippen LogP contribution < -0.4 is 0 Å². The summed E-state index contributed by atoms with van der Waals surface area (Å²) >= 11 is 3.09. The van der Waals surface area contributed by atoms with Crippen LogP contribution in [-0.2, 0) is 6.54 Å². The summed E-state index contributed by atoms with van der Waals surface area (Å²) in [6, 6.07) is 21.8. The lowest BCUT2D eigenvalue weighted by Gasteiger charge is -2.16. The quantitative estimate of drug-likeness (QED) is 0.239. The molecule has 0 fully saturated rings. The molecule has 5 aromatic rings. The zero-order valence-corrected chi connectivity index (χ0v) is 18.5. The number of nitrogens with zero attached hydrogens (tertiary/aromatic N) is 3. The fourth-order valence-corrected chi connectivity index (χ4v) is 5.56. The van der Waals surface area contributed by atoms with Crippen LogP contribution in [0, 0.1) is 0 Å². The van der Waals surface area contributed by atoms with Crippen LogP contribution in [0.25, 0.3) is 21.6 Å². The molecule has 0 aliphatic rings. The number of hydrogen-bond acceptors (Lipinski definition) is 5. The van der Waals surface area contributed by atoms with Crippen LogP contribution in [0.1, 0.15) is 28.1 Å². The maximum Gasteiger partial charge on any atom is 0.192 e. The highest BCUT2D eigenvalue weighted by molar-refractivity contribution is 8.00. The molecule has 0 aliphatic carbocycles. The number of aromatic amines is 1. The first-order valence-electron chi connectivity index (χ1n) is 10.0. The van der Waals surface area contributed by atoms with Crippen LogP contribution in [0.15, 0.2) is 83.5 Å². The van der Waals surface area contributed by atoms with E-state index in [0.717, 1.165) is 38.9 Å². The van der Waals surface area contributed by atoms with Crippen LogP contribution in [-0.4, -0.2) is 25.5 Å². The molecule has 0 spiro atoms. The Morgan fingerprint density at radius 3 is 2.65 bits per heavy atom. The molecule has 1 N–H and O–H groups in total. The van der Waals surface area contributed by atoms with Gasteiger partial charge in [0.2, 0.25) is 0 Å². The third-order valence-electron chi connectivity index (χ3n) is 5.19. The van der Waals surface area contributed by atoms with Crippen molar-refractivity contribution in [2.45, 2.75) is 23.9 Å². The summed E-state index contributed by atoms with van der Waals surface area (Å²) in [4.78, 5) is 18.1. The minimum Gasteiger partial charge on any atom is -0.360 e. The molecule has 0 saturated heterocycles. The molecular weight excluding hydrogens is 424 g/mol. The summed E-state index contributed by atoms with van der Waals surface area (Å²) in [5.41, 5.74) is 2.60. The van der Waals surface area contributed by atoms with Gasteiger partial charge in [0.1, 0.15) is 5.25 Å². The topological polar surface area (TPSA) is 63.6 Å². The van der Waals surface area contributed by atoms with E-state index in [0.29, 0.717) is 5.56 Å². The van der Waals surface area contributed by atoms with Crippen LogP contribution >= 0.6 is 23.1 Å². The number of thioether (sulfide) groups is 1. The van der Waals surface area contributed by atoms with E-state index in [-0.39, 0.29) is 5.78 Å². The predicted octanol–water partition coefficient (Wildman–Crippen LogP) is 6.22. The molecule has 5 rings (SSSR count). The van der Waals surface area contributed by atoms with Gasteiger partial charge in [-0.1, -0.05) is 66.4 Å². The molecular formula is C24H20N4OS2. The number of carbonyl (C=O) groups is 1. The van der Waals surface area contributed by atoms with Crippen molar-refractivity contribution in [3.63, 3.8) is 0 Å². The van der Waals surface area contributed by atoms with Crippen molar-refractivity contribution in [3.05, 3.63) is 89.4 Å². The first kappa shape index (κ1) is 19.8. The summed E-state index contributed by atoms with van der Waals surface area (Å²) in [5.74, 6) is 0.892. The van der Waals surface area contributed by atoms with Gasteiger partial charge < -0.3 is 9.55 Å². The second-order valence-corrected chi connectivity index (χ2v) is 9.07. The molecule has 3 heterocycles. The number of aromatic nitrogens is 4. The van der Waals surface area contributed by atoms with Gasteiger partial charge in [0, 0.05) is 29.2 Å². The molecule has 0 radical (unpaired) electrons. The Morgan fingerprint density at radius 2 is 1.87 bits per heavy atom. The van der Waals surface area contributed by atoms with E-state index in [1.807, 2.05) is 78.3 Å². The predicted molar refractivity (Wildman–Crippen MR) is 127 cm³/mol. The van der Waals surface area contributed by atoms with Gasteiger partial charge in [-0.05, 0) is 30.0 Å². The number of H-pyrrole nitrogens is 1. The van der Waals surface area contributed by atoms with Crippen molar-refractivity contribution in [3.8, 4) is 10.7 Å². The van der Waals surface area contributed by atoms with Crippen LogP contribution in [0.5, 0.6) is 0 Å². The van der Waals surface area contributed by atoms with Crippen molar-refractivity contribution in [1.29, 1.82) is 0 Å². The standard InChI is InChI=1S/C24H20N4OS2/c1-2-28-23(20-13-8-14-30-20)26-27-24(28)31-22(16-9-4-3-5-10-16)21(29)18-15-25-19-12-7-6-11-17(18)19/h3-15,22,25H,2H2,1H3/t22-/m0/s1. The van der Waals surface area contributed by atoms with Gasteiger partial charge in [0.25, 0.3) is 0 Å². The number of rotatable bonds is 7. The van der Waals surface area contributed by atoms with Gasteiger partial charge in [-0.2, -0.15) is 0 Å². The second-order valence-electron chi connectivity index (χ2n) is 7.05. The number of hydrogen-bond donors (Lipinski definition) is 1. The minimum atomic E-state index is -0.425. The molecule has 0 amide bonds. The average molecular weight is 445 g/mol. The number of nitrogens with one attached hydrogen (secondary N) is 1. The van der Waals surface area contributed by atoms with Crippen molar-refractivity contribution in [1.82, 2.24) is 19.7 Å². The third kappa shape index (κ3) is 3.71. The minimum absolute atomic E-state index is 0.0528. The van der Waals surface area contributed by atoms with E-state index < -0.39 is 5.25 Å². The molecule has 0 bridgehead atoms. The molecule has 3 aromatic heterocycles. The number of thiophene rings is 1. The monoisotopic (exact) mass is 444 g/mol. The van der Waals surface area contributed by atoms with Gasteiger partial charge in [0.15, 0.2) is 16.8 Å². The SMILES string of the molecule is CCn1c(S[C@H](C(=O)c2c[nH]c3ccccc23)c2ccccc2)nnc1-c1cccs1. The van der Waals surface area contributed by atoms with Gasteiger partial charge in [-0.3, -0.25) is 4.79 Å². The molecule has 7 heteroatoms. The summed E-state index contributed by atoms with van der Waals surface area (Å²) in [7, 11) is 0. The highest BCUT2D eigenvalue weighted by Crippen LogP contribution is 2.39. The molecule has 31 heavy (non-hydrogen) atoms. The largest absolute Gasteiger partial charge is 0.360 e. The maximum absolute atomic E-state index is 13.8. The molecule has 0 aliphatic heterocycles. The van der Waals surface area contributed by atoms with Gasteiger partial charge in [-0.25, -0.2) is 0 Å². The Morgan fingerprint density at radius 1 is 1.06 bits per heavy atom. The molecule has 0 unspecified atom stereocenters. The summed E-state index contributed by atoms with van der Waals surface area (Å²) in [6.07, 6.45) is 1.81. The average Bonchev–Trinajstić information content (AvgIpc) is 3.56. The number of carbonyl (C=O) groups excluding carboxylic acids is 1. The lowest BCUT2D eigenvalue weighted by molar-refractivity contribution is 0.0991. The van der Waals surface area contributed by atoms with Crippen molar-refractivity contribution < 1.29 is 4.79 Å². The Balaban J connectivity index is 1.56. The number of para-hydroxylation sites is 1. The van der Waals surface area contributed by atoms with Crippen molar-refractivity contribution >= 4 is 39.8 Å². The van der Waals surface area contributed by atoms with Gasteiger partial charge in [-0.15, -0.1) is 21.5 Å². The lowest BCUT2D eigenvalue weighted by Crippen LogP contribution is -2.11. The number of benzene rings is 2. The molecule has 0 saturated carbocycles. The highest BCUT2D eigenvalue weighted by atomic mass is 32.2. The summed E-state index contributed by atoms with van der Waals surface area (Å²) in [6.45, 7) is 2.80. The van der Waals surface area contributed by atoms with Gasteiger partial charge >= 0.3 is 0 Å². The van der Waals surface area contributed by atoms with Crippen LogP contribution in [0.3, 0.4) is 0 Å². The van der Waals surface area contributed by atoms with E-state index in [1.54, 1.807) is 11.3 Å². The zero-order chi connectivity index (χ0) is 21.2. The number of Topliss-reactive ketones (excluding diaryl/α,β-unsaturated/α-hetero) is 1. The van der Waals surface area contributed by atoms with Crippen LogP contribution in [0.4, 0.5) is 0 Å². The summed E-state index contributed by atoms with van der Waals surface area (Å²) < 4.78 is 2.08. The summed E-state index contributed by atoms with van der Waals surface area (Å²) in [5, 5.41) is 12.2. The van der Waals surface area contributed by atoms with Gasteiger partial charge in [0.05, 0.1) is 4.88 Å². The molecule has 5 nitrogen and oxygen atoms in total. The lowest BCUT2D eigenvalue weighted by atomic mass is 10.0. The van der Waals surface area contributed by atoms with Crippen molar-refractivity contribution in [2.24, 2.45) is 0 Å². The Hall–Kier alpha value is -3.16. The number of ketones is 1. The van der Waals surface area contributed by atoms with Crippen molar-refractivity contribution in [2.75, 3.05) is 0 Å². The van der Waals surface area contributed by atoms with Crippen LogP contribution in [0.2, 0.25) is 0 Å². The Bertz CT molecular complexity index is 1320. The smallest absolute Gasteiger partial charge is 0.192 e. The molecule has 2 aromatic carbocycles.